The second-order valence-corrected chi connectivity index (χ2v) is 5.79. The zero-order valence-corrected chi connectivity index (χ0v) is 15.2. The predicted octanol–water partition coefficient (Wildman–Crippen LogP) is 1.96. The van der Waals surface area contributed by atoms with Gasteiger partial charge in [0.05, 0.1) is 0 Å². The minimum atomic E-state index is -0.105. The van der Waals surface area contributed by atoms with Gasteiger partial charge in [-0.25, -0.2) is 0 Å². The zero-order valence-electron chi connectivity index (χ0n) is 12.8. The molecule has 124 valence electrons. The molecule has 1 aromatic carbocycles. The van der Waals surface area contributed by atoms with Crippen LogP contribution in [0.4, 0.5) is 0 Å². The summed E-state index contributed by atoms with van der Waals surface area (Å²) in [6.45, 7) is 3.63. The zero-order chi connectivity index (χ0) is 15.7. The summed E-state index contributed by atoms with van der Waals surface area (Å²) in [4.78, 5) is 23.5. The summed E-state index contributed by atoms with van der Waals surface area (Å²) in [6, 6.07) is 7.23. The van der Waals surface area contributed by atoms with Crippen molar-refractivity contribution in [2.45, 2.75) is 13.3 Å². The van der Waals surface area contributed by atoms with Gasteiger partial charge in [-0.3, -0.25) is 9.59 Å². The first-order valence-corrected chi connectivity index (χ1v) is 7.80. The second kappa shape index (κ2) is 11.5. The highest BCUT2D eigenvalue weighted by Crippen LogP contribution is 2.11. The molecule has 5 nitrogen and oxygen atoms in total. The molecular formula is C15H23BrClN3O2. The Hall–Kier alpha value is -1.11. The third kappa shape index (κ3) is 7.77. The molecule has 22 heavy (non-hydrogen) atoms. The Bertz CT molecular complexity index is 486. The van der Waals surface area contributed by atoms with E-state index in [2.05, 4.69) is 31.9 Å². The molecule has 0 heterocycles. The summed E-state index contributed by atoms with van der Waals surface area (Å²) in [7, 11) is 1.82. The molecule has 0 aromatic heterocycles. The summed E-state index contributed by atoms with van der Waals surface area (Å²) in [5.74, 6) is -0.125. The first-order valence-electron chi connectivity index (χ1n) is 7.00. The van der Waals surface area contributed by atoms with E-state index in [1.165, 1.54) is 0 Å². The Morgan fingerprint density at radius 1 is 1.23 bits per heavy atom. The van der Waals surface area contributed by atoms with Gasteiger partial charge in [-0.1, -0.05) is 28.9 Å². The van der Waals surface area contributed by atoms with E-state index in [1.807, 2.05) is 26.1 Å². The molecule has 7 heteroatoms. The lowest BCUT2D eigenvalue weighted by molar-refractivity contribution is -0.124. The molecule has 1 atom stereocenters. The molecular weight excluding hydrogens is 370 g/mol. The van der Waals surface area contributed by atoms with Gasteiger partial charge in [-0.2, -0.15) is 0 Å². The summed E-state index contributed by atoms with van der Waals surface area (Å²) in [5.41, 5.74) is 0.621. The van der Waals surface area contributed by atoms with Crippen LogP contribution in [-0.2, 0) is 4.79 Å². The maximum Gasteiger partial charge on any atom is 0.251 e. The molecule has 1 unspecified atom stereocenters. The summed E-state index contributed by atoms with van der Waals surface area (Å²) < 4.78 is 0.876. The Balaban J connectivity index is 0.00000441. The van der Waals surface area contributed by atoms with Crippen LogP contribution in [0.1, 0.15) is 23.7 Å². The van der Waals surface area contributed by atoms with Crippen molar-refractivity contribution in [3.05, 3.63) is 34.3 Å². The maximum atomic E-state index is 11.9. The molecule has 0 saturated carbocycles. The van der Waals surface area contributed by atoms with E-state index in [1.54, 1.807) is 12.1 Å². The molecule has 1 aromatic rings. The topological polar surface area (TPSA) is 70.2 Å². The minimum Gasteiger partial charge on any atom is -0.356 e. The van der Waals surface area contributed by atoms with Gasteiger partial charge < -0.3 is 16.0 Å². The maximum absolute atomic E-state index is 11.9. The van der Waals surface area contributed by atoms with E-state index in [0.717, 1.165) is 4.47 Å². The molecule has 0 spiro atoms. The highest BCUT2D eigenvalue weighted by Gasteiger charge is 2.10. The Morgan fingerprint density at radius 3 is 2.55 bits per heavy atom. The molecule has 2 amide bonds. The van der Waals surface area contributed by atoms with E-state index in [4.69, 9.17) is 0 Å². The second-order valence-electron chi connectivity index (χ2n) is 4.87. The van der Waals surface area contributed by atoms with Gasteiger partial charge in [0.25, 0.3) is 5.91 Å². The number of carbonyl (C=O) groups is 2. The molecule has 0 fully saturated rings. The molecule has 0 bridgehead atoms. The van der Waals surface area contributed by atoms with Gasteiger partial charge in [0, 0.05) is 35.6 Å². The normalized spacial score (nSPS) is 11.2. The van der Waals surface area contributed by atoms with Crippen molar-refractivity contribution < 1.29 is 9.59 Å². The van der Waals surface area contributed by atoms with Crippen LogP contribution in [0, 0.1) is 5.92 Å². The van der Waals surface area contributed by atoms with Crippen molar-refractivity contribution in [2.75, 3.05) is 26.7 Å². The minimum absolute atomic E-state index is 0. The lowest BCUT2D eigenvalue weighted by atomic mass is 10.1. The van der Waals surface area contributed by atoms with Crippen molar-refractivity contribution in [1.29, 1.82) is 0 Å². The number of hydrogen-bond acceptors (Lipinski definition) is 3. The Kier molecular flexibility index (Phi) is 10.9. The lowest BCUT2D eigenvalue weighted by Crippen LogP contribution is -2.36. The van der Waals surface area contributed by atoms with Crippen LogP contribution in [0.25, 0.3) is 0 Å². The molecule has 3 N–H and O–H groups in total. The van der Waals surface area contributed by atoms with Gasteiger partial charge in [-0.15, -0.1) is 12.4 Å². The van der Waals surface area contributed by atoms with Crippen LogP contribution < -0.4 is 16.0 Å². The van der Waals surface area contributed by atoms with Crippen LogP contribution in [0.15, 0.2) is 28.7 Å². The van der Waals surface area contributed by atoms with Crippen LogP contribution in [0.2, 0.25) is 0 Å². The van der Waals surface area contributed by atoms with Gasteiger partial charge in [-0.05, 0) is 31.7 Å². The molecule has 0 radical (unpaired) electrons. The number of halogens is 2. The van der Waals surface area contributed by atoms with E-state index < -0.39 is 0 Å². The van der Waals surface area contributed by atoms with Crippen molar-refractivity contribution in [2.24, 2.45) is 5.92 Å². The first kappa shape index (κ1) is 20.9. The van der Waals surface area contributed by atoms with Crippen molar-refractivity contribution >= 4 is 40.2 Å². The van der Waals surface area contributed by atoms with Gasteiger partial charge in [0.15, 0.2) is 0 Å². The number of benzene rings is 1. The average molecular weight is 393 g/mol. The smallest absolute Gasteiger partial charge is 0.251 e. The van der Waals surface area contributed by atoms with Crippen molar-refractivity contribution in [3.63, 3.8) is 0 Å². The Labute approximate surface area is 146 Å². The van der Waals surface area contributed by atoms with Gasteiger partial charge in [0.2, 0.25) is 5.91 Å². The van der Waals surface area contributed by atoms with Crippen molar-refractivity contribution in [1.82, 2.24) is 16.0 Å². The SMILES string of the molecule is CNCC(C)C(=O)NCCCNC(=O)c1cccc(Br)c1.Cl. The predicted molar refractivity (Wildman–Crippen MR) is 94.4 cm³/mol. The summed E-state index contributed by atoms with van der Waals surface area (Å²) in [6.07, 6.45) is 0.706. The van der Waals surface area contributed by atoms with E-state index in [0.29, 0.717) is 31.6 Å². The van der Waals surface area contributed by atoms with E-state index in [-0.39, 0.29) is 30.1 Å². The van der Waals surface area contributed by atoms with Gasteiger partial charge in [0.1, 0.15) is 0 Å². The fourth-order valence-electron chi connectivity index (χ4n) is 1.81. The fourth-order valence-corrected chi connectivity index (χ4v) is 2.21. The fraction of sp³-hybridized carbons (Fsp3) is 0.467. The number of amides is 2. The van der Waals surface area contributed by atoms with Crippen LogP contribution in [0.3, 0.4) is 0 Å². The van der Waals surface area contributed by atoms with E-state index in [9.17, 15) is 9.59 Å². The van der Waals surface area contributed by atoms with E-state index >= 15 is 0 Å². The quantitative estimate of drug-likeness (QED) is 0.592. The number of carbonyl (C=O) groups excluding carboxylic acids is 2. The average Bonchev–Trinajstić information content (AvgIpc) is 2.46. The molecule has 0 aliphatic heterocycles. The molecule has 0 saturated heterocycles. The van der Waals surface area contributed by atoms with Crippen LogP contribution >= 0.6 is 28.3 Å². The summed E-state index contributed by atoms with van der Waals surface area (Å²) in [5, 5.41) is 8.65. The lowest BCUT2D eigenvalue weighted by Gasteiger charge is -2.11. The third-order valence-corrected chi connectivity index (χ3v) is 3.48. The highest BCUT2D eigenvalue weighted by atomic mass is 79.9. The van der Waals surface area contributed by atoms with Crippen molar-refractivity contribution in [3.8, 4) is 0 Å². The highest BCUT2D eigenvalue weighted by molar-refractivity contribution is 9.10. The summed E-state index contributed by atoms with van der Waals surface area (Å²) >= 11 is 3.33. The van der Waals surface area contributed by atoms with Crippen LogP contribution in [0.5, 0.6) is 0 Å². The number of rotatable bonds is 8. The molecule has 0 aliphatic carbocycles. The number of nitrogens with one attached hydrogen (secondary N) is 3. The largest absolute Gasteiger partial charge is 0.356 e. The molecule has 1 rings (SSSR count). The first-order chi connectivity index (χ1) is 10.0. The monoisotopic (exact) mass is 391 g/mol. The third-order valence-electron chi connectivity index (χ3n) is 2.98. The standard InChI is InChI=1S/C15H22BrN3O2.ClH/c1-11(10-17-2)14(20)18-7-4-8-19-15(21)12-5-3-6-13(16)9-12;/h3,5-6,9,11,17H,4,7-8,10H2,1-2H3,(H,18,20)(H,19,21);1H. The Morgan fingerprint density at radius 2 is 1.91 bits per heavy atom. The number of hydrogen-bond donors (Lipinski definition) is 3. The van der Waals surface area contributed by atoms with Gasteiger partial charge >= 0.3 is 0 Å². The van der Waals surface area contributed by atoms with Crippen LogP contribution in [-0.4, -0.2) is 38.5 Å². The molecule has 0 aliphatic rings.